The van der Waals surface area contributed by atoms with Crippen molar-refractivity contribution in [2.24, 2.45) is 0 Å². The highest BCUT2D eigenvalue weighted by Gasteiger charge is 2.16. The van der Waals surface area contributed by atoms with E-state index in [1.54, 1.807) is 0 Å². The lowest BCUT2D eigenvalue weighted by atomic mass is 9.95. The number of hydrogen-bond donors (Lipinski definition) is 1. The van der Waals surface area contributed by atoms with E-state index in [0.29, 0.717) is 6.04 Å². The molecule has 0 fully saturated rings. The molecule has 2 heteroatoms. The van der Waals surface area contributed by atoms with E-state index in [1.807, 2.05) is 0 Å². The average Bonchev–Trinajstić information content (AvgIpc) is 2.19. The summed E-state index contributed by atoms with van der Waals surface area (Å²) in [4.78, 5) is 0. The van der Waals surface area contributed by atoms with Crippen molar-refractivity contribution < 1.29 is 0 Å². The molecule has 1 unspecified atom stereocenters. The van der Waals surface area contributed by atoms with Gasteiger partial charge in [0, 0.05) is 16.8 Å². The Morgan fingerprint density at radius 1 is 1.50 bits per heavy atom. The van der Waals surface area contributed by atoms with Crippen molar-refractivity contribution in [2.75, 3.05) is 5.32 Å². The zero-order chi connectivity index (χ0) is 10.1. The van der Waals surface area contributed by atoms with Gasteiger partial charge in [0.05, 0.1) is 0 Å². The molecule has 0 saturated carbocycles. The van der Waals surface area contributed by atoms with E-state index >= 15 is 0 Å². The van der Waals surface area contributed by atoms with Gasteiger partial charge in [0.25, 0.3) is 0 Å². The van der Waals surface area contributed by atoms with Gasteiger partial charge in [0.15, 0.2) is 0 Å². The Kier molecular flexibility index (Phi) is 2.69. The van der Waals surface area contributed by atoms with E-state index in [2.05, 4.69) is 31.3 Å². The quantitative estimate of drug-likeness (QED) is 0.742. The minimum atomic E-state index is 0.626. The number of benzene rings is 1. The summed E-state index contributed by atoms with van der Waals surface area (Å²) in [5.74, 6) is 0. The lowest BCUT2D eigenvalue weighted by molar-refractivity contribution is 0.614. The summed E-state index contributed by atoms with van der Waals surface area (Å²) < 4.78 is 0. The highest BCUT2D eigenvalue weighted by Crippen LogP contribution is 2.30. The van der Waals surface area contributed by atoms with Crippen LogP contribution in [0.3, 0.4) is 0 Å². The number of aryl methyl sites for hydroxylation is 2. The van der Waals surface area contributed by atoms with Crippen LogP contribution >= 0.6 is 11.6 Å². The molecule has 1 heterocycles. The molecule has 0 aliphatic carbocycles. The molecule has 1 aliphatic rings. The largest absolute Gasteiger partial charge is 0.382 e. The monoisotopic (exact) mass is 209 g/mol. The Hall–Kier alpha value is -0.690. The SMILES string of the molecule is CCC1CCc2cc(C)c(Cl)cc2N1. The van der Waals surface area contributed by atoms with Gasteiger partial charge < -0.3 is 5.32 Å². The smallest absolute Gasteiger partial charge is 0.0455 e. The molecule has 0 amide bonds. The summed E-state index contributed by atoms with van der Waals surface area (Å²) in [6.07, 6.45) is 3.61. The molecule has 1 nitrogen and oxygen atoms in total. The molecule has 0 bridgehead atoms. The van der Waals surface area contributed by atoms with Gasteiger partial charge in [0.2, 0.25) is 0 Å². The van der Waals surface area contributed by atoms with Crippen LogP contribution < -0.4 is 5.32 Å². The van der Waals surface area contributed by atoms with E-state index in [9.17, 15) is 0 Å². The molecular weight excluding hydrogens is 194 g/mol. The first-order chi connectivity index (χ1) is 6.70. The van der Waals surface area contributed by atoms with Crippen LogP contribution in [0.25, 0.3) is 0 Å². The number of nitrogens with one attached hydrogen (secondary N) is 1. The van der Waals surface area contributed by atoms with Gasteiger partial charge in [-0.05, 0) is 43.4 Å². The average molecular weight is 210 g/mol. The topological polar surface area (TPSA) is 12.0 Å². The number of fused-ring (bicyclic) bond motifs is 1. The van der Waals surface area contributed by atoms with Crippen molar-refractivity contribution in [1.29, 1.82) is 0 Å². The van der Waals surface area contributed by atoms with E-state index in [4.69, 9.17) is 11.6 Å². The van der Waals surface area contributed by atoms with Crippen LogP contribution in [0.15, 0.2) is 12.1 Å². The molecule has 76 valence electrons. The Morgan fingerprint density at radius 3 is 3.00 bits per heavy atom. The standard InChI is InChI=1S/C12H16ClN/c1-3-10-5-4-9-6-8(2)11(13)7-12(9)14-10/h6-7,10,14H,3-5H2,1-2H3. The Balaban J connectivity index is 2.33. The van der Waals surface area contributed by atoms with Crippen molar-refractivity contribution in [3.8, 4) is 0 Å². The fourth-order valence-electron chi connectivity index (χ4n) is 2.01. The van der Waals surface area contributed by atoms with Crippen molar-refractivity contribution in [1.82, 2.24) is 0 Å². The van der Waals surface area contributed by atoms with E-state index in [-0.39, 0.29) is 0 Å². The summed E-state index contributed by atoms with van der Waals surface area (Å²) in [5, 5.41) is 4.40. The fourth-order valence-corrected chi connectivity index (χ4v) is 2.17. The Bertz CT molecular complexity index is 346. The molecular formula is C12H16ClN. The van der Waals surface area contributed by atoms with E-state index < -0.39 is 0 Å². The third-order valence-corrected chi connectivity index (χ3v) is 3.41. The number of rotatable bonds is 1. The lowest BCUT2D eigenvalue weighted by Gasteiger charge is -2.26. The highest BCUT2D eigenvalue weighted by molar-refractivity contribution is 6.31. The molecule has 1 N–H and O–H groups in total. The maximum Gasteiger partial charge on any atom is 0.0455 e. The van der Waals surface area contributed by atoms with E-state index in [0.717, 1.165) is 5.02 Å². The second-order valence-corrected chi connectivity index (χ2v) is 4.45. The van der Waals surface area contributed by atoms with Gasteiger partial charge in [-0.1, -0.05) is 24.6 Å². The van der Waals surface area contributed by atoms with Crippen LogP contribution in [0.2, 0.25) is 5.02 Å². The molecule has 0 radical (unpaired) electrons. The summed E-state index contributed by atoms with van der Waals surface area (Å²) >= 11 is 6.10. The van der Waals surface area contributed by atoms with Gasteiger partial charge in [0.1, 0.15) is 0 Å². The van der Waals surface area contributed by atoms with Crippen LogP contribution in [-0.4, -0.2) is 6.04 Å². The number of anilines is 1. The van der Waals surface area contributed by atoms with Crippen molar-refractivity contribution in [3.05, 3.63) is 28.3 Å². The van der Waals surface area contributed by atoms with Gasteiger partial charge in [-0.3, -0.25) is 0 Å². The van der Waals surface area contributed by atoms with Gasteiger partial charge >= 0.3 is 0 Å². The molecule has 0 aromatic heterocycles. The normalized spacial score (nSPS) is 20.1. The summed E-state index contributed by atoms with van der Waals surface area (Å²) in [6.45, 7) is 4.28. The molecule has 1 aromatic rings. The molecule has 1 aliphatic heterocycles. The molecule has 2 rings (SSSR count). The first kappa shape index (κ1) is 9.85. The Morgan fingerprint density at radius 2 is 2.29 bits per heavy atom. The summed E-state index contributed by atoms with van der Waals surface area (Å²) in [5.41, 5.74) is 3.83. The van der Waals surface area contributed by atoms with Gasteiger partial charge in [-0.15, -0.1) is 0 Å². The highest BCUT2D eigenvalue weighted by atomic mass is 35.5. The first-order valence-corrected chi connectivity index (χ1v) is 5.64. The van der Waals surface area contributed by atoms with Crippen molar-refractivity contribution in [2.45, 2.75) is 39.2 Å². The molecule has 0 saturated heterocycles. The fraction of sp³-hybridized carbons (Fsp3) is 0.500. The zero-order valence-electron chi connectivity index (χ0n) is 8.73. The van der Waals surface area contributed by atoms with Crippen molar-refractivity contribution >= 4 is 17.3 Å². The first-order valence-electron chi connectivity index (χ1n) is 5.26. The van der Waals surface area contributed by atoms with Crippen molar-refractivity contribution in [3.63, 3.8) is 0 Å². The second kappa shape index (κ2) is 3.82. The summed E-state index contributed by atoms with van der Waals surface area (Å²) in [7, 11) is 0. The Labute approximate surface area is 90.5 Å². The van der Waals surface area contributed by atoms with Crippen LogP contribution in [-0.2, 0) is 6.42 Å². The van der Waals surface area contributed by atoms with Crippen LogP contribution in [0.1, 0.15) is 30.9 Å². The zero-order valence-corrected chi connectivity index (χ0v) is 9.49. The maximum atomic E-state index is 6.10. The number of hydrogen-bond acceptors (Lipinski definition) is 1. The second-order valence-electron chi connectivity index (χ2n) is 4.05. The van der Waals surface area contributed by atoms with Gasteiger partial charge in [-0.2, -0.15) is 0 Å². The van der Waals surface area contributed by atoms with Gasteiger partial charge in [-0.25, -0.2) is 0 Å². The lowest BCUT2D eigenvalue weighted by Crippen LogP contribution is -2.24. The maximum absolute atomic E-state index is 6.10. The predicted molar refractivity (Wildman–Crippen MR) is 62.2 cm³/mol. The van der Waals surface area contributed by atoms with Crippen LogP contribution in [0.5, 0.6) is 0 Å². The molecule has 0 spiro atoms. The third kappa shape index (κ3) is 1.74. The minimum Gasteiger partial charge on any atom is -0.382 e. The molecule has 1 atom stereocenters. The molecule has 14 heavy (non-hydrogen) atoms. The van der Waals surface area contributed by atoms with E-state index in [1.165, 1.54) is 36.1 Å². The number of halogens is 1. The predicted octanol–water partition coefficient (Wildman–Crippen LogP) is 3.79. The third-order valence-electron chi connectivity index (χ3n) is 3.00. The van der Waals surface area contributed by atoms with Crippen LogP contribution in [0, 0.1) is 6.92 Å². The summed E-state index contributed by atoms with van der Waals surface area (Å²) in [6, 6.07) is 4.89. The van der Waals surface area contributed by atoms with Crippen LogP contribution in [0.4, 0.5) is 5.69 Å². The molecule has 1 aromatic carbocycles. The minimum absolute atomic E-state index is 0.626.